The van der Waals surface area contributed by atoms with Gasteiger partial charge in [0.15, 0.2) is 0 Å². The summed E-state index contributed by atoms with van der Waals surface area (Å²) in [5.74, 6) is -1.16. The van der Waals surface area contributed by atoms with E-state index in [2.05, 4.69) is 10.5 Å². The molecule has 7 heteroatoms. The topological polar surface area (TPSA) is 58.4 Å². The van der Waals surface area contributed by atoms with Crippen molar-refractivity contribution in [3.05, 3.63) is 77.6 Å². The summed E-state index contributed by atoms with van der Waals surface area (Å²) in [6, 6.07) is 13.4. The second-order valence-corrected chi connectivity index (χ2v) is 6.33. The molecule has 3 aromatic rings. The van der Waals surface area contributed by atoms with Gasteiger partial charge in [0, 0.05) is 18.2 Å². The first-order chi connectivity index (χ1) is 12.9. The van der Waals surface area contributed by atoms with Crippen LogP contribution in [0.4, 0.5) is 8.78 Å². The first-order valence-electron chi connectivity index (χ1n) is 8.37. The van der Waals surface area contributed by atoms with E-state index in [-0.39, 0.29) is 24.2 Å². The number of benzene rings is 2. The minimum absolute atomic E-state index is 0.0195. The number of nitrogens with one attached hydrogen (secondary N) is 1. The summed E-state index contributed by atoms with van der Waals surface area (Å²) >= 11 is 0. The highest BCUT2D eigenvalue weighted by molar-refractivity contribution is 5.92. The predicted octanol–water partition coefficient (Wildman–Crippen LogP) is 3.65. The van der Waals surface area contributed by atoms with Crippen molar-refractivity contribution in [1.82, 2.24) is 15.4 Å². The summed E-state index contributed by atoms with van der Waals surface area (Å²) in [6.45, 7) is 0.255. The average molecular weight is 371 g/mol. The number of amides is 1. The molecule has 0 fully saturated rings. The van der Waals surface area contributed by atoms with Crippen LogP contribution in [0.25, 0.3) is 11.3 Å². The van der Waals surface area contributed by atoms with Gasteiger partial charge >= 0.3 is 0 Å². The van der Waals surface area contributed by atoms with Crippen molar-refractivity contribution < 1.29 is 18.1 Å². The van der Waals surface area contributed by atoms with Gasteiger partial charge in [0.25, 0.3) is 5.91 Å². The molecule has 0 saturated carbocycles. The third-order valence-electron chi connectivity index (χ3n) is 4.17. The standard InChI is InChI=1S/C20H19F2N3O2/c1-25(2)18(14-6-4-8-16(22)10-14)12-23-20(26)19-11-17(24-27-19)13-5-3-7-15(21)9-13/h3-11,18H,12H2,1-2H3,(H,23,26). The molecule has 140 valence electrons. The molecule has 0 radical (unpaired) electrons. The summed E-state index contributed by atoms with van der Waals surface area (Å²) in [5.41, 5.74) is 1.64. The van der Waals surface area contributed by atoms with Gasteiger partial charge in [-0.05, 0) is 43.9 Å². The van der Waals surface area contributed by atoms with E-state index in [0.717, 1.165) is 5.56 Å². The molecule has 1 N–H and O–H groups in total. The number of hydrogen-bond acceptors (Lipinski definition) is 4. The minimum Gasteiger partial charge on any atom is -0.350 e. The molecule has 3 rings (SSSR count). The number of halogens is 2. The smallest absolute Gasteiger partial charge is 0.289 e. The lowest BCUT2D eigenvalue weighted by atomic mass is 10.1. The van der Waals surface area contributed by atoms with Crippen molar-refractivity contribution in [2.75, 3.05) is 20.6 Å². The van der Waals surface area contributed by atoms with E-state index in [0.29, 0.717) is 11.3 Å². The van der Waals surface area contributed by atoms with E-state index >= 15 is 0 Å². The molecule has 0 aliphatic rings. The van der Waals surface area contributed by atoms with E-state index in [9.17, 15) is 13.6 Å². The number of rotatable bonds is 6. The first kappa shape index (κ1) is 18.7. The Morgan fingerprint density at radius 1 is 1.11 bits per heavy atom. The highest BCUT2D eigenvalue weighted by Gasteiger charge is 2.19. The van der Waals surface area contributed by atoms with Gasteiger partial charge in [-0.3, -0.25) is 4.79 Å². The Kier molecular flexibility index (Phi) is 5.61. The molecular weight excluding hydrogens is 352 g/mol. The Morgan fingerprint density at radius 3 is 2.48 bits per heavy atom. The van der Waals surface area contributed by atoms with Gasteiger partial charge in [0.1, 0.15) is 17.3 Å². The lowest BCUT2D eigenvalue weighted by Gasteiger charge is -2.24. The third kappa shape index (κ3) is 4.57. The fourth-order valence-corrected chi connectivity index (χ4v) is 2.75. The molecule has 2 aromatic carbocycles. The first-order valence-corrected chi connectivity index (χ1v) is 8.37. The number of likely N-dealkylation sites (N-methyl/N-ethyl adjacent to an activating group) is 1. The fraction of sp³-hybridized carbons (Fsp3) is 0.200. The summed E-state index contributed by atoms with van der Waals surface area (Å²) in [5, 5.41) is 6.58. The Labute approximate surface area is 155 Å². The monoisotopic (exact) mass is 371 g/mol. The number of nitrogens with zero attached hydrogens (tertiary/aromatic N) is 2. The maximum atomic E-state index is 13.5. The van der Waals surface area contributed by atoms with E-state index < -0.39 is 11.7 Å². The van der Waals surface area contributed by atoms with Gasteiger partial charge in [-0.15, -0.1) is 0 Å². The van der Waals surface area contributed by atoms with Gasteiger partial charge in [0.05, 0.1) is 6.04 Å². The Bertz CT molecular complexity index is 940. The molecule has 1 amide bonds. The van der Waals surface area contributed by atoms with Crippen molar-refractivity contribution >= 4 is 5.91 Å². The zero-order valence-electron chi connectivity index (χ0n) is 14.9. The van der Waals surface area contributed by atoms with E-state index in [1.807, 2.05) is 19.0 Å². The zero-order valence-corrected chi connectivity index (χ0v) is 14.9. The fourth-order valence-electron chi connectivity index (χ4n) is 2.75. The van der Waals surface area contributed by atoms with Gasteiger partial charge in [-0.25, -0.2) is 8.78 Å². The van der Waals surface area contributed by atoms with Crippen LogP contribution in [-0.2, 0) is 0 Å². The molecule has 1 atom stereocenters. The number of aromatic nitrogens is 1. The van der Waals surface area contributed by atoms with Crippen molar-refractivity contribution in [1.29, 1.82) is 0 Å². The molecule has 5 nitrogen and oxygen atoms in total. The lowest BCUT2D eigenvalue weighted by Crippen LogP contribution is -2.34. The Morgan fingerprint density at radius 2 is 1.81 bits per heavy atom. The van der Waals surface area contributed by atoms with Crippen molar-refractivity contribution in [2.45, 2.75) is 6.04 Å². The SMILES string of the molecule is CN(C)C(CNC(=O)c1cc(-c2cccc(F)c2)no1)c1cccc(F)c1. The molecular formula is C20H19F2N3O2. The van der Waals surface area contributed by atoms with Crippen LogP contribution >= 0.6 is 0 Å². The number of carbonyl (C=O) groups excluding carboxylic acids is 1. The molecule has 1 aromatic heterocycles. The average Bonchev–Trinajstić information content (AvgIpc) is 3.12. The van der Waals surface area contributed by atoms with Crippen LogP contribution in [0.1, 0.15) is 22.2 Å². The quantitative estimate of drug-likeness (QED) is 0.719. The molecule has 0 saturated heterocycles. The van der Waals surface area contributed by atoms with Gasteiger partial charge < -0.3 is 14.7 Å². The minimum atomic E-state index is -0.451. The van der Waals surface area contributed by atoms with Crippen molar-refractivity contribution in [2.24, 2.45) is 0 Å². The molecule has 27 heavy (non-hydrogen) atoms. The summed E-state index contributed by atoms with van der Waals surface area (Å²) in [4.78, 5) is 14.3. The largest absolute Gasteiger partial charge is 0.350 e. The van der Waals surface area contributed by atoms with Gasteiger partial charge in [0.2, 0.25) is 5.76 Å². The zero-order chi connectivity index (χ0) is 19.4. The van der Waals surface area contributed by atoms with Crippen LogP contribution in [0.2, 0.25) is 0 Å². The molecule has 1 unspecified atom stereocenters. The van der Waals surface area contributed by atoms with Crippen molar-refractivity contribution in [3.8, 4) is 11.3 Å². The predicted molar refractivity (Wildman–Crippen MR) is 97.1 cm³/mol. The molecule has 0 aliphatic heterocycles. The van der Waals surface area contributed by atoms with Crippen LogP contribution in [0.15, 0.2) is 59.1 Å². The highest BCUT2D eigenvalue weighted by Crippen LogP contribution is 2.21. The summed E-state index contributed by atoms with van der Waals surface area (Å²) in [6.07, 6.45) is 0. The summed E-state index contributed by atoms with van der Waals surface area (Å²) < 4.78 is 31.9. The number of carbonyl (C=O) groups is 1. The van der Waals surface area contributed by atoms with Crippen LogP contribution in [0, 0.1) is 11.6 Å². The molecule has 0 aliphatic carbocycles. The Hall–Kier alpha value is -3.06. The lowest BCUT2D eigenvalue weighted by molar-refractivity contribution is 0.0905. The number of hydrogen-bond donors (Lipinski definition) is 1. The highest BCUT2D eigenvalue weighted by atomic mass is 19.1. The maximum absolute atomic E-state index is 13.5. The second-order valence-electron chi connectivity index (χ2n) is 6.33. The van der Waals surface area contributed by atoms with Gasteiger partial charge in [-0.1, -0.05) is 29.4 Å². The summed E-state index contributed by atoms with van der Waals surface area (Å²) in [7, 11) is 3.69. The second kappa shape index (κ2) is 8.09. The van der Waals surface area contributed by atoms with Crippen LogP contribution in [0.5, 0.6) is 0 Å². The molecule has 0 bridgehead atoms. The molecule has 1 heterocycles. The van der Waals surface area contributed by atoms with E-state index in [1.54, 1.807) is 24.3 Å². The van der Waals surface area contributed by atoms with Crippen LogP contribution in [0.3, 0.4) is 0 Å². The molecule has 0 spiro atoms. The van der Waals surface area contributed by atoms with Crippen LogP contribution in [-0.4, -0.2) is 36.6 Å². The van der Waals surface area contributed by atoms with Crippen molar-refractivity contribution in [3.63, 3.8) is 0 Å². The normalized spacial score (nSPS) is 12.2. The van der Waals surface area contributed by atoms with E-state index in [1.165, 1.54) is 30.3 Å². The van der Waals surface area contributed by atoms with E-state index in [4.69, 9.17) is 4.52 Å². The Balaban J connectivity index is 1.70. The maximum Gasteiger partial charge on any atom is 0.289 e. The third-order valence-corrected chi connectivity index (χ3v) is 4.17. The van der Waals surface area contributed by atoms with Gasteiger partial charge in [-0.2, -0.15) is 0 Å². The van der Waals surface area contributed by atoms with Crippen LogP contribution < -0.4 is 5.32 Å².